The lowest BCUT2D eigenvalue weighted by Gasteiger charge is -2.24. The third-order valence-corrected chi connectivity index (χ3v) is 2.50. The normalized spacial score (nSPS) is 16.9. The molecular weight excluding hydrogens is 212 g/mol. The van der Waals surface area contributed by atoms with Gasteiger partial charge in [-0.1, -0.05) is 0 Å². The third-order valence-electron chi connectivity index (χ3n) is 2.50. The number of nitrogens with zero attached hydrogens (tertiary/aromatic N) is 1. The summed E-state index contributed by atoms with van der Waals surface area (Å²) in [6.45, 7) is 0.394. The number of aliphatic carboxylic acids is 1. The molecule has 0 heterocycles. The first-order valence-electron chi connectivity index (χ1n) is 5.33. The summed E-state index contributed by atoms with van der Waals surface area (Å²) in [5.74, 6) is -1.12. The Kier molecular flexibility index (Phi) is 4.70. The Labute approximate surface area is 94.3 Å². The molecule has 1 atom stereocenters. The first-order valence-corrected chi connectivity index (χ1v) is 5.33. The number of rotatable bonds is 7. The summed E-state index contributed by atoms with van der Waals surface area (Å²) in [5, 5.41) is 8.59. The average Bonchev–Trinajstić information content (AvgIpc) is 3.01. The van der Waals surface area contributed by atoms with E-state index in [1.165, 1.54) is 7.11 Å². The Bertz CT molecular complexity index is 266. The molecule has 3 N–H and O–H groups in total. The molecule has 0 aromatic carbocycles. The summed E-state index contributed by atoms with van der Waals surface area (Å²) in [7, 11) is 1.48. The monoisotopic (exact) mass is 230 g/mol. The Hall–Kier alpha value is -1.14. The number of methoxy groups -OCH3 is 1. The van der Waals surface area contributed by atoms with Gasteiger partial charge in [-0.25, -0.2) is 0 Å². The van der Waals surface area contributed by atoms with Crippen LogP contribution < -0.4 is 5.73 Å². The lowest BCUT2D eigenvalue weighted by Crippen LogP contribution is -2.47. The minimum atomic E-state index is -0.904. The maximum absolute atomic E-state index is 11.9. The van der Waals surface area contributed by atoms with Crippen molar-refractivity contribution in [2.24, 2.45) is 5.73 Å². The number of hydrogen-bond acceptors (Lipinski definition) is 4. The molecule has 0 bridgehead atoms. The van der Waals surface area contributed by atoms with Crippen LogP contribution in [0.15, 0.2) is 0 Å². The van der Waals surface area contributed by atoms with Crippen molar-refractivity contribution in [3.05, 3.63) is 0 Å². The van der Waals surface area contributed by atoms with Crippen molar-refractivity contribution in [1.29, 1.82) is 0 Å². The van der Waals surface area contributed by atoms with Gasteiger partial charge < -0.3 is 20.5 Å². The van der Waals surface area contributed by atoms with Gasteiger partial charge in [0.1, 0.15) is 6.04 Å². The molecule has 0 aromatic heterocycles. The molecule has 1 unspecified atom stereocenters. The maximum atomic E-state index is 11.9. The fourth-order valence-electron chi connectivity index (χ4n) is 1.54. The number of carboxylic acid groups (broad SMARTS) is 1. The number of carbonyl (C=O) groups is 2. The molecule has 16 heavy (non-hydrogen) atoms. The van der Waals surface area contributed by atoms with Crippen LogP contribution in [0.2, 0.25) is 0 Å². The molecule has 6 heteroatoms. The molecule has 6 nitrogen and oxygen atoms in total. The van der Waals surface area contributed by atoms with E-state index in [1.807, 2.05) is 0 Å². The van der Waals surface area contributed by atoms with Crippen LogP contribution in [-0.2, 0) is 14.3 Å². The van der Waals surface area contributed by atoms with E-state index in [1.54, 1.807) is 4.90 Å². The molecule has 1 rings (SSSR count). The highest BCUT2D eigenvalue weighted by Crippen LogP contribution is 2.27. The number of nitrogens with two attached hydrogens (primary N) is 1. The summed E-state index contributed by atoms with van der Waals surface area (Å²) < 4.78 is 4.81. The minimum absolute atomic E-state index is 0.0397. The molecule has 1 aliphatic rings. The van der Waals surface area contributed by atoms with Crippen LogP contribution in [0, 0.1) is 0 Å². The van der Waals surface area contributed by atoms with E-state index >= 15 is 0 Å². The smallest absolute Gasteiger partial charge is 0.305 e. The van der Waals surface area contributed by atoms with Gasteiger partial charge in [-0.05, 0) is 12.8 Å². The van der Waals surface area contributed by atoms with Crippen LogP contribution in [0.1, 0.15) is 19.3 Å². The van der Waals surface area contributed by atoms with Gasteiger partial charge >= 0.3 is 5.97 Å². The molecule has 0 aliphatic heterocycles. The zero-order valence-corrected chi connectivity index (χ0v) is 9.39. The number of amides is 1. The quantitative estimate of drug-likeness (QED) is 0.610. The number of carbonyl (C=O) groups excluding carboxylic acids is 1. The number of ether oxygens (including phenoxy) is 1. The lowest BCUT2D eigenvalue weighted by atomic mass is 10.2. The van der Waals surface area contributed by atoms with Crippen molar-refractivity contribution in [3.63, 3.8) is 0 Å². The van der Waals surface area contributed by atoms with Crippen LogP contribution >= 0.6 is 0 Å². The highest BCUT2D eigenvalue weighted by atomic mass is 16.5. The van der Waals surface area contributed by atoms with Gasteiger partial charge in [0.05, 0.1) is 13.0 Å². The molecule has 92 valence electrons. The topological polar surface area (TPSA) is 92.9 Å². The zero-order chi connectivity index (χ0) is 12.1. The van der Waals surface area contributed by atoms with Crippen molar-refractivity contribution in [3.8, 4) is 0 Å². The van der Waals surface area contributed by atoms with Crippen molar-refractivity contribution in [2.45, 2.75) is 31.3 Å². The van der Waals surface area contributed by atoms with Gasteiger partial charge in [0.25, 0.3) is 0 Å². The van der Waals surface area contributed by atoms with Gasteiger partial charge in [0, 0.05) is 19.7 Å². The predicted molar refractivity (Wildman–Crippen MR) is 56.8 cm³/mol. The molecule has 1 aliphatic carbocycles. The number of hydrogen-bond donors (Lipinski definition) is 2. The summed E-state index contributed by atoms with van der Waals surface area (Å²) in [4.78, 5) is 23.9. The second kappa shape index (κ2) is 5.81. The standard InChI is InChI=1S/C10H18N2O4/c1-16-6-8(11)10(15)12(7-2-3-7)5-4-9(13)14/h7-8H,2-6,11H2,1H3,(H,13,14). The Morgan fingerprint density at radius 3 is 2.62 bits per heavy atom. The van der Waals surface area contributed by atoms with Crippen LogP contribution in [0.4, 0.5) is 0 Å². The van der Waals surface area contributed by atoms with E-state index < -0.39 is 12.0 Å². The first-order chi connectivity index (χ1) is 7.56. The fraction of sp³-hybridized carbons (Fsp3) is 0.800. The van der Waals surface area contributed by atoms with Gasteiger partial charge in [-0.3, -0.25) is 9.59 Å². The molecular formula is C10H18N2O4. The molecule has 1 amide bonds. The Balaban J connectivity index is 2.48. The van der Waals surface area contributed by atoms with Crippen molar-refractivity contribution < 1.29 is 19.4 Å². The SMILES string of the molecule is COCC(N)C(=O)N(CCC(=O)O)C1CC1. The lowest BCUT2D eigenvalue weighted by molar-refractivity contribution is -0.139. The summed E-state index contributed by atoms with van der Waals surface area (Å²) in [6, 6.07) is -0.519. The van der Waals surface area contributed by atoms with Crippen LogP contribution in [0.3, 0.4) is 0 Å². The van der Waals surface area contributed by atoms with Gasteiger partial charge in [-0.2, -0.15) is 0 Å². The Morgan fingerprint density at radius 1 is 1.56 bits per heavy atom. The minimum Gasteiger partial charge on any atom is -0.481 e. The molecule has 1 fully saturated rings. The van der Waals surface area contributed by atoms with E-state index in [9.17, 15) is 9.59 Å². The van der Waals surface area contributed by atoms with Gasteiger partial charge in [0.15, 0.2) is 0 Å². The van der Waals surface area contributed by atoms with E-state index in [0.717, 1.165) is 12.8 Å². The molecule has 0 saturated heterocycles. The third kappa shape index (κ3) is 3.79. The highest BCUT2D eigenvalue weighted by molar-refractivity contribution is 5.82. The van der Waals surface area contributed by atoms with Crippen molar-refractivity contribution >= 4 is 11.9 Å². The highest BCUT2D eigenvalue weighted by Gasteiger charge is 2.34. The van der Waals surface area contributed by atoms with Crippen LogP contribution in [0.5, 0.6) is 0 Å². The van der Waals surface area contributed by atoms with Crippen LogP contribution in [0.25, 0.3) is 0 Å². The van der Waals surface area contributed by atoms with Crippen molar-refractivity contribution in [1.82, 2.24) is 4.90 Å². The molecule has 0 aromatic rings. The predicted octanol–water partition coefficient (Wildman–Crippen LogP) is -0.574. The number of carboxylic acids is 1. The van der Waals surface area contributed by atoms with Crippen molar-refractivity contribution in [2.75, 3.05) is 20.3 Å². The van der Waals surface area contributed by atoms with Gasteiger partial charge in [0.2, 0.25) is 5.91 Å². The maximum Gasteiger partial charge on any atom is 0.305 e. The zero-order valence-electron chi connectivity index (χ0n) is 9.39. The summed E-state index contributed by atoms with van der Waals surface area (Å²) in [6.07, 6.45) is 1.83. The van der Waals surface area contributed by atoms with Gasteiger partial charge in [-0.15, -0.1) is 0 Å². The summed E-state index contributed by atoms with van der Waals surface area (Å²) in [5.41, 5.74) is 5.64. The first kappa shape index (κ1) is 12.9. The second-order valence-electron chi connectivity index (χ2n) is 3.97. The van der Waals surface area contributed by atoms with E-state index in [0.29, 0.717) is 0 Å². The fourth-order valence-corrected chi connectivity index (χ4v) is 1.54. The van der Waals surface area contributed by atoms with Crippen LogP contribution in [-0.4, -0.2) is 54.2 Å². The van der Waals surface area contributed by atoms with E-state index in [4.69, 9.17) is 15.6 Å². The van der Waals surface area contributed by atoms with E-state index in [2.05, 4.69) is 0 Å². The average molecular weight is 230 g/mol. The largest absolute Gasteiger partial charge is 0.481 e. The molecule has 0 spiro atoms. The summed E-state index contributed by atoms with van der Waals surface area (Å²) >= 11 is 0. The second-order valence-corrected chi connectivity index (χ2v) is 3.97. The Morgan fingerprint density at radius 2 is 2.19 bits per heavy atom. The molecule has 0 radical (unpaired) electrons. The molecule has 1 saturated carbocycles. The van der Waals surface area contributed by atoms with E-state index in [-0.39, 0.29) is 31.5 Å².